The topological polar surface area (TPSA) is 0 Å². The van der Waals surface area contributed by atoms with Gasteiger partial charge in [0, 0.05) is 0 Å². The first-order valence-electron chi connectivity index (χ1n) is 22.3. The molecule has 6 aromatic rings. The van der Waals surface area contributed by atoms with E-state index in [9.17, 15) is 0 Å². The molecule has 0 unspecified atom stereocenters. The summed E-state index contributed by atoms with van der Waals surface area (Å²) in [5.74, 6) is 0. The number of benzene rings is 4. The Hall–Kier alpha value is -2.22. The number of halogens is 2. The van der Waals surface area contributed by atoms with Gasteiger partial charge in [-0.2, -0.15) is 12.1 Å². The van der Waals surface area contributed by atoms with Gasteiger partial charge in [-0.15, -0.1) is 93.9 Å². The van der Waals surface area contributed by atoms with Gasteiger partial charge in [-0.1, -0.05) is 175 Å². The Labute approximate surface area is 396 Å². The molecule has 0 amide bonds. The first-order valence-corrected chi connectivity index (χ1v) is 26.5. The van der Waals surface area contributed by atoms with Crippen molar-refractivity contribution in [1.29, 1.82) is 0 Å². The van der Waals surface area contributed by atoms with E-state index in [1.165, 1.54) is 196 Å². The summed E-state index contributed by atoms with van der Waals surface area (Å²) >= 11 is 1.36. The van der Waals surface area contributed by atoms with Crippen molar-refractivity contribution in [2.45, 2.75) is 142 Å². The number of hydrogen-bond acceptors (Lipinski definition) is 0. The first-order chi connectivity index (χ1) is 27.6. The van der Waals surface area contributed by atoms with Crippen LogP contribution < -0.4 is 0 Å². The zero-order chi connectivity index (χ0) is 39.1. The molecule has 0 saturated heterocycles. The third-order valence-electron chi connectivity index (χ3n) is 13.3. The van der Waals surface area contributed by atoms with Crippen LogP contribution >= 0.6 is 24.8 Å². The SMILES string of the molecule is CCCC1(Cc2cc3c(-c4ccccc4)cccc3[cH-]2)CCCCCCC1.CCCC1(Cc2cc3c(-c4ccccc4)cccc3[cH-]2)CCCCCCC1.Cl.Cl.[CH3-].[CH3-].[Si]=[Zr]. The predicted molar refractivity (Wildman–Crippen MR) is 270 cm³/mol. The molecule has 2 saturated carbocycles. The van der Waals surface area contributed by atoms with Gasteiger partial charge in [0.05, 0.1) is 0 Å². The van der Waals surface area contributed by atoms with Crippen molar-refractivity contribution >= 4 is 53.2 Å². The van der Waals surface area contributed by atoms with Crippen molar-refractivity contribution < 1.29 is 23.3 Å². The van der Waals surface area contributed by atoms with E-state index in [1.54, 1.807) is 11.1 Å². The quantitative estimate of drug-likeness (QED) is 0.0948. The van der Waals surface area contributed by atoms with Gasteiger partial charge in [0.15, 0.2) is 0 Å². The Morgan fingerprint density at radius 1 is 0.467 bits per heavy atom. The van der Waals surface area contributed by atoms with Crippen LogP contribution in [-0.4, -0.2) is 6.88 Å². The van der Waals surface area contributed by atoms with E-state index in [0.717, 1.165) is 0 Å². The summed E-state index contributed by atoms with van der Waals surface area (Å²) in [6.07, 6.45) is 28.0. The van der Waals surface area contributed by atoms with Crippen molar-refractivity contribution in [2.24, 2.45) is 10.8 Å². The molecule has 0 N–H and O–H groups in total. The summed E-state index contributed by atoms with van der Waals surface area (Å²) in [6.45, 7) is 7.80. The second-order valence-electron chi connectivity index (χ2n) is 17.5. The van der Waals surface area contributed by atoms with Gasteiger partial charge in [-0.3, -0.25) is 0 Å². The van der Waals surface area contributed by atoms with E-state index >= 15 is 0 Å². The van der Waals surface area contributed by atoms with Crippen LogP contribution in [-0.2, 0) is 36.2 Å². The van der Waals surface area contributed by atoms with Crippen molar-refractivity contribution in [1.82, 2.24) is 0 Å². The molecule has 4 heteroatoms. The summed E-state index contributed by atoms with van der Waals surface area (Å²) in [5, 5.41) is 5.67. The summed E-state index contributed by atoms with van der Waals surface area (Å²) < 4.78 is 0. The molecule has 8 rings (SSSR count). The number of rotatable bonds is 10. The molecule has 6 aromatic carbocycles. The molecule has 2 radical (unpaired) electrons. The minimum atomic E-state index is 0. The monoisotopic (exact) mass is 934 g/mol. The third-order valence-corrected chi connectivity index (χ3v) is 13.3. The van der Waals surface area contributed by atoms with E-state index in [1.807, 2.05) is 0 Å². The van der Waals surface area contributed by atoms with Crippen molar-refractivity contribution in [2.75, 3.05) is 0 Å². The second kappa shape index (κ2) is 27.8. The molecule has 2 aliphatic carbocycles. The number of fused-ring (bicyclic) bond motifs is 2. The fourth-order valence-electron chi connectivity index (χ4n) is 10.8. The van der Waals surface area contributed by atoms with Crippen LogP contribution in [0.5, 0.6) is 0 Å². The van der Waals surface area contributed by atoms with Crippen LogP contribution in [0.4, 0.5) is 0 Å². The molecule has 0 nitrogen and oxygen atoms in total. The average Bonchev–Trinajstić information content (AvgIpc) is 3.83. The van der Waals surface area contributed by atoms with Crippen LogP contribution in [0.1, 0.15) is 141 Å². The molecule has 0 aromatic heterocycles. The fraction of sp³-hybridized carbons (Fsp3) is 0.429. The Balaban J connectivity index is 0.000000373. The van der Waals surface area contributed by atoms with Crippen molar-refractivity contribution in [3.63, 3.8) is 0 Å². The average molecular weight is 937 g/mol. The van der Waals surface area contributed by atoms with Gasteiger partial charge in [0.2, 0.25) is 0 Å². The zero-order valence-corrected chi connectivity index (χ0v) is 42.6. The summed E-state index contributed by atoms with van der Waals surface area (Å²) in [6, 6.07) is 45.2. The van der Waals surface area contributed by atoms with Crippen molar-refractivity contribution in [3.05, 3.63) is 147 Å². The Bertz CT molecular complexity index is 1880. The van der Waals surface area contributed by atoms with Gasteiger partial charge in [-0.25, -0.2) is 0 Å². The normalized spacial score (nSPS) is 15.8. The van der Waals surface area contributed by atoms with Crippen LogP contribution in [0.2, 0.25) is 0 Å². The zero-order valence-electron chi connectivity index (χ0n) is 37.5. The van der Waals surface area contributed by atoms with Crippen LogP contribution in [0.3, 0.4) is 0 Å². The second-order valence-corrected chi connectivity index (χ2v) is 17.5. The van der Waals surface area contributed by atoms with E-state index in [2.05, 4.69) is 142 Å². The van der Waals surface area contributed by atoms with Gasteiger partial charge >= 0.3 is 30.2 Å². The van der Waals surface area contributed by atoms with Crippen LogP contribution in [0.15, 0.2) is 121 Å². The Morgan fingerprint density at radius 2 is 0.800 bits per heavy atom. The van der Waals surface area contributed by atoms with Crippen molar-refractivity contribution in [3.8, 4) is 22.3 Å². The first kappa shape index (κ1) is 53.9. The molecule has 324 valence electrons. The molecular weight excluding hydrogens is 863 g/mol. The predicted octanol–water partition coefficient (Wildman–Crippen LogP) is 18.0. The molecule has 0 aliphatic heterocycles. The Morgan fingerprint density at radius 3 is 1.13 bits per heavy atom. The van der Waals surface area contributed by atoms with Crippen LogP contribution in [0.25, 0.3) is 43.8 Å². The van der Waals surface area contributed by atoms with Crippen LogP contribution in [0, 0.1) is 25.7 Å². The molecule has 0 spiro atoms. The van der Waals surface area contributed by atoms with E-state index in [-0.39, 0.29) is 39.7 Å². The maximum atomic E-state index is 3.06. The molecule has 0 bridgehead atoms. The summed E-state index contributed by atoms with van der Waals surface area (Å²) in [7, 11) is 0. The van der Waals surface area contributed by atoms with Gasteiger partial charge in [-0.05, 0) is 73.3 Å². The third kappa shape index (κ3) is 14.4. The maximum absolute atomic E-state index is 3.06. The van der Waals surface area contributed by atoms with Gasteiger partial charge in [0.1, 0.15) is 0 Å². The summed E-state index contributed by atoms with van der Waals surface area (Å²) in [4.78, 5) is 0. The van der Waals surface area contributed by atoms with Gasteiger partial charge in [0.25, 0.3) is 0 Å². The molecule has 0 heterocycles. The van der Waals surface area contributed by atoms with E-state index < -0.39 is 0 Å². The summed E-state index contributed by atoms with van der Waals surface area (Å²) in [5.41, 5.74) is 9.59. The van der Waals surface area contributed by atoms with E-state index in [4.69, 9.17) is 0 Å². The molecule has 60 heavy (non-hydrogen) atoms. The minimum absolute atomic E-state index is 0. The molecule has 0 atom stereocenters. The molecular formula is C56H74Cl2SiZr-4. The molecule has 2 aliphatic rings. The van der Waals surface area contributed by atoms with Gasteiger partial charge < -0.3 is 14.9 Å². The standard InChI is InChI=1S/2C27H33.2CH3.2ClH.Si.Zr/c2*1-2-16-27(17-9-4-3-5-10-18-27)21-22-19-24-14-11-15-25(26(24)20-22)23-12-7-6-8-13-23;;;;;;/h2*6-8,11-15,19-20H,2-5,9-10,16-18,21H2,1H3;2*1H3;2*1H;;/q4*-1;;;;. The number of hydrogen-bond donors (Lipinski definition) is 0. The van der Waals surface area contributed by atoms with E-state index in [0.29, 0.717) is 10.8 Å². The molecule has 2 fully saturated rings. The fourth-order valence-corrected chi connectivity index (χ4v) is 10.8. The Kier molecular flexibility index (Phi) is 24.9.